The first-order valence-corrected chi connectivity index (χ1v) is 13.2. The van der Waals surface area contributed by atoms with E-state index in [-0.39, 0.29) is 21.0 Å². The number of hydrogen-bond donors (Lipinski definition) is 2. The number of benzene rings is 3. The summed E-state index contributed by atoms with van der Waals surface area (Å²) in [5, 5.41) is 2.71. The highest BCUT2D eigenvalue weighted by atomic mass is 32.2. The summed E-state index contributed by atoms with van der Waals surface area (Å²) in [4.78, 5) is 12.5. The van der Waals surface area contributed by atoms with Gasteiger partial charge < -0.3 is 5.32 Å². The van der Waals surface area contributed by atoms with Gasteiger partial charge in [0.05, 0.1) is 9.79 Å². The molecule has 3 aromatic carbocycles. The zero-order valence-corrected chi connectivity index (χ0v) is 19.9. The van der Waals surface area contributed by atoms with E-state index >= 15 is 0 Å². The molecule has 0 aliphatic heterocycles. The summed E-state index contributed by atoms with van der Waals surface area (Å²) in [6.45, 7) is 4.17. The summed E-state index contributed by atoms with van der Waals surface area (Å²) in [6, 6.07) is 20.0. The standard InChI is InChI=1S/C23H25N3O5S2/c1-3-26(4-2)33(30,31)21-15-13-20(14-16-21)25-32(28,29)22-12-8-9-18(17-22)23(27)24-19-10-6-5-7-11-19/h5-17,25H,3-4H2,1-2H3,(H,24,27). The van der Waals surface area contributed by atoms with Crippen LogP contribution in [0.3, 0.4) is 0 Å². The van der Waals surface area contributed by atoms with Gasteiger partial charge in [0.2, 0.25) is 10.0 Å². The lowest BCUT2D eigenvalue weighted by atomic mass is 10.2. The number of hydrogen-bond acceptors (Lipinski definition) is 5. The van der Waals surface area contributed by atoms with Crippen molar-refractivity contribution in [2.24, 2.45) is 0 Å². The van der Waals surface area contributed by atoms with Gasteiger partial charge in [0.25, 0.3) is 15.9 Å². The van der Waals surface area contributed by atoms with Crippen molar-refractivity contribution < 1.29 is 21.6 Å². The molecule has 0 heterocycles. The molecule has 0 saturated carbocycles. The minimum absolute atomic E-state index is 0.0775. The molecule has 0 radical (unpaired) electrons. The fourth-order valence-electron chi connectivity index (χ4n) is 3.15. The van der Waals surface area contributed by atoms with Gasteiger partial charge in [-0.25, -0.2) is 16.8 Å². The first kappa shape index (κ1) is 24.4. The number of sulfonamides is 2. The molecule has 174 valence electrons. The quantitative estimate of drug-likeness (QED) is 0.477. The van der Waals surface area contributed by atoms with Crippen molar-refractivity contribution in [1.82, 2.24) is 4.31 Å². The number of rotatable bonds is 9. The molecule has 0 bridgehead atoms. The third-order valence-corrected chi connectivity index (χ3v) is 8.33. The molecule has 10 heteroatoms. The van der Waals surface area contributed by atoms with Crippen LogP contribution in [-0.2, 0) is 20.0 Å². The summed E-state index contributed by atoms with van der Waals surface area (Å²) >= 11 is 0. The predicted molar refractivity (Wildman–Crippen MR) is 128 cm³/mol. The highest BCUT2D eigenvalue weighted by Crippen LogP contribution is 2.21. The Morgan fingerprint density at radius 2 is 1.39 bits per heavy atom. The summed E-state index contributed by atoms with van der Waals surface area (Å²) in [6.07, 6.45) is 0. The third kappa shape index (κ3) is 5.78. The maximum atomic E-state index is 12.8. The number of carbonyl (C=O) groups excluding carboxylic acids is 1. The second-order valence-corrected chi connectivity index (χ2v) is 10.7. The maximum Gasteiger partial charge on any atom is 0.261 e. The van der Waals surface area contributed by atoms with Crippen LogP contribution in [0.4, 0.5) is 11.4 Å². The highest BCUT2D eigenvalue weighted by Gasteiger charge is 2.22. The Bertz CT molecular complexity index is 1320. The molecule has 8 nitrogen and oxygen atoms in total. The Morgan fingerprint density at radius 3 is 2.00 bits per heavy atom. The van der Waals surface area contributed by atoms with Crippen LogP contribution in [0, 0.1) is 0 Å². The first-order chi connectivity index (χ1) is 15.7. The van der Waals surface area contributed by atoms with Crippen molar-refractivity contribution in [1.29, 1.82) is 0 Å². The monoisotopic (exact) mass is 487 g/mol. The minimum Gasteiger partial charge on any atom is -0.322 e. The van der Waals surface area contributed by atoms with Gasteiger partial charge in [-0.15, -0.1) is 0 Å². The van der Waals surface area contributed by atoms with Gasteiger partial charge in [-0.3, -0.25) is 9.52 Å². The Balaban J connectivity index is 1.78. The van der Waals surface area contributed by atoms with Crippen LogP contribution in [0.5, 0.6) is 0 Å². The summed E-state index contributed by atoms with van der Waals surface area (Å²) < 4.78 is 54.6. The van der Waals surface area contributed by atoms with E-state index in [0.717, 1.165) is 0 Å². The van der Waals surface area contributed by atoms with Crippen molar-refractivity contribution in [3.05, 3.63) is 84.4 Å². The van der Waals surface area contributed by atoms with Crippen LogP contribution in [-0.4, -0.2) is 40.1 Å². The van der Waals surface area contributed by atoms with E-state index in [4.69, 9.17) is 0 Å². The topological polar surface area (TPSA) is 113 Å². The molecule has 0 aromatic heterocycles. The van der Waals surface area contributed by atoms with Gasteiger partial charge in [0.15, 0.2) is 0 Å². The van der Waals surface area contributed by atoms with Crippen LogP contribution >= 0.6 is 0 Å². The van der Waals surface area contributed by atoms with E-state index in [1.54, 1.807) is 38.1 Å². The Morgan fingerprint density at radius 1 is 0.758 bits per heavy atom. The minimum atomic E-state index is -4.01. The molecule has 2 N–H and O–H groups in total. The average Bonchev–Trinajstić information content (AvgIpc) is 2.80. The summed E-state index contributed by atoms with van der Waals surface area (Å²) in [5.74, 6) is -0.441. The Labute approximate surface area is 194 Å². The zero-order valence-electron chi connectivity index (χ0n) is 18.2. The van der Waals surface area contributed by atoms with Crippen molar-refractivity contribution in [2.75, 3.05) is 23.1 Å². The van der Waals surface area contributed by atoms with Gasteiger partial charge in [0.1, 0.15) is 0 Å². The number of anilines is 2. The van der Waals surface area contributed by atoms with Crippen LogP contribution in [0.15, 0.2) is 88.7 Å². The van der Waals surface area contributed by atoms with Crippen molar-refractivity contribution in [3.8, 4) is 0 Å². The number of nitrogens with one attached hydrogen (secondary N) is 2. The van der Waals surface area contributed by atoms with Gasteiger partial charge in [0, 0.05) is 30.0 Å². The van der Waals surface area contributed by atoms with Crippen LogP contribution in [0.2, 0.25) is 0 Å². The molecule has 0 fully saturated rings. The average molecular weight is 488 g/mol. The molecule has 0 unspecified atom stereocenters. The van der Waals surface area contributed by atoms with Crippen molar-refractivity contribution in [3.63, 3.8) is 0 Å². The van der Waals surface area contributed by atoms with Gasteiger partial charge in [-0.05, 0) is 54.6 Å². The van der Waals surface area contributed by atoms with Crippen LogP contribution in [0.1, 0.15) is 24.2 Å². The van der Waals surface area contributed by atoms with E-state index in [1.807, 2.05) is 6.07 Å². The molecule has 3 rings (SSSR count). The SMILES string of the molecule is CCN(CC)S(=O)(=O)c1ccc(NS(=O)(=O)c2cccc(C(=O)Nc3ccccc3)c2)cc1. The lowest BCUT2D eigenvalue weighted by Gasteiger charge is -2.18. The highest BCUT2D eigenvalue weighted by molar-refractivity contribution is 7.92. The first-order valence-electron chi connectivity index (χ1n) is 10.3. The lowest BCUT2D eigenvalue weighted by molar-refractivity contribution is 0.102. The molecule has 0 saturated heterocycles. The van der Waals surface area contributed by atoms with E-state index in [1.165, 1.54) is 52.8 Å². The molecular formula is C23H25N3O5S2. The van der Waals surface area contributed by atoms with Crippen LogP contribution < -0.4 is 10.0 Å². The molecule has 0 aliphatic carbocycles. The van der Waals surface area contributed by atoms with E-state index in [0.29, 0.717) is 18.8 Å². The Kier molecular flexibility index (Phi) is 7.52. The second-order valence-electron chi connectivity index (χ2n) is 7.07. The fourth-order valence-corrected chi connectivity index (χ4v) is 5.71. The fraction of sp³-hybridized carbons (Fsp3) is 0.174. The van der Waals surface area contributed by atoms with Crippen molar-refractivity contribution in [2.45, 2.75) is 23.6 Å². The number of amides is 1. The van der Waals surface area contributed by atoms with E-state index in [2.05, 4.69) is 10.0 Å². The number of para-hydroxylation sites is 1. The predicted octanol–water partition coefficient (Wildman–Crippen LogP) is 3.77. The zero-order chi connectivity index (χ0) is 24.1. The maximum absolute atomic E-state index is 12.8. The molecule has 0 atom stereocenters. The third-order valence-electron chi connectivity index (χ3n) is 4.89. The second kappa shape index (κ2) is 10.2. The van der Waals surface area contributed by atoms with Crippen LogP contribution in [0.25, 0.3) is 0 Å². The Hall–Kier alpha value is -3.21. The van der Waals surface area contributed by atoms with Gasteiger partial charge >= 0.3 is 0 Å². The van der Waals surface area contributed by atoms with E-state index < -0.39 is 26.0 Å². The van der Waals surface area contributed by atoms with Gasteiger partial charge in [-0.2, -0.15) is 4.31 Å². The van der Waals surface area contributed by atoms with Gasteiger partial charge in [-0.1, -0.05) is 38.1 Å². The molecule has 3 aromatic rings. The molecule has 33 heavy (non-hydrogen) atoms. The summed E-state index contributed by atoms with van der Waals surface area (Å²) in [7, 11) is -7.65. The van der Waals surface area contributed by atoms with Crippen molar-refractivity contribution >= 4 is 37.3 Å². The largest absolute Gasteiger partial charge is 0.322 e. The summed E-state index contributed by atoms with van der Waals surface area (Å²) in [5.41, 5.74) is 0.976. The molecular weight excluding hydrogens is 462 g/mol. The van der Waals surface area contributed by atoms with E-state index in [9.17, 15) is 21.6 Å². The number of carbonyl (C=O) groups is 1. The smallest absolute Gasteiger partial charge is 0.261 e. The molecule has 1 amide bonds. The molecule has 0 aliphatic rings. The number of nitrogens with zero attached hydrogens (tertiary/aromatic N) is 1. The molecule has 0 spiro atoms. The lowest BCUT2D eigenvalue weighted by Crippen LogP contribution is -2.30. The normalized spacial score (nSPS) is 11.8.